The molecule has 0 atom stereocenters. The molecular formula is C8H9F3N2O. The first kappa shape index (κ1) is 10.8. The van der Waals surface area contributed by atoms with E-state index in [1.54, 1.807) is 0 Å². The van der Waals surface area contributed by atoms with E-state index in [0.29, 0.717) is 0 Å². The summed E-state index contributed by atoms with van der Waals surface area (Å²) in [4.78, 5) is 3.26. The number of hydrogen-bond acceptors (Lipinski definition) is 3. The summed E-state index contributed by atoms with van der Waals surface area (Å²) in [6.45, 7) is -0.136. The van der Waals surface area contributed by atoms with Gasteiger partial charge in [-0.1, -0.05) is 0 Å². The van der Waals surface area contributed by atoms with Crippen LogP contribution in [0.3, 0.4) is 0 Å². The van der Waals surface area contributed by atoms with Crippen molar-refractivity contribution in [1.82, 2.24) is 4.98 Å². The number of ether oxygens (including phenoxy) is 1. The van der Waals surface area contributed by atoms with Gasteiger partial charge in [0, 0.05) is 12.7 Å². The maximum atomic E-state index is 12.9. The van der Waals surface area contributed by atoms with Crippen molar-refractivity contribution in [2.24, 2.45) is 5.73 Å². The van der Waals surface area contributed by atoms with Gasteiger partial charge in [0.1, 0.15) is 0 Å². The molecule has 1 heterocycles. The Bertz CT molecular complexity index is 331. The lowest BCUT2D eigenvalue weighted by Crippen LogP contribution is -2.07. The van der Waals surface area contributed by atoms with Gasteiger partial charge in [-0.05, 0) is 5.56 Å². The average molecular weight is 206 g/mol. The molecule has 1 aromatic heterocycles. The summed E-state index contributed by atoms with van der Waals surface area (Å²) < 4.78 is 42.4. The van der Waals surface area contributed by atoms with Gasteiger partial charge >= 0.3 is 0 Å². The minimum absolute atomic E-state index is 0.0817. The van der Waals surface area contributed by atoms with E-state index in [-0.39, 0.29) is 12.1 Å². The monoisotopic (exact) mass is 206 g/mol. The Balaban J connectivity index is 3.36. The zero-order valence-electron chi connectivity index (χ0n) is 7.43. The predicted molar refractivity (Wildman–Crippen MR) is 43.6 cm³/mol. The minimum Gasteiger partial charge on any atom is -0.492 e. The first-order valence-corrected chi connectivity index (χ1v) is 3.81. The third kappa shape index (κ3) is 1.79. The Hall–Kier alpha value is -1.30. The number of methoxy groups -OCH3 is 1. The highest BCUT2D eigenvalue weighted by Crippen LogP contribution is 2.32. The molecule has 0 saturated heterocycles. The summed E-state index contributed by atoms with van der Waals surface area (Å²) >= 11 is 0. The van der Waals surface area contributed by atoms with E-state index in [1.165, 1.54) is 0 Å². The zero-order chi connectivity index (χ0) is 10.7. The number of nitrogens with two attached hydrogens (primary N) is 1. The number of halogens is 3. The first-order valence-electron chi connectivity index (χ1n) is 3.81. The SMILES string of the molecule is COc1c(F)ncc(CN)c1C(F)F. The van der Waals surface area contributed by atoms with E-state index < -0.39 is 23.7 Å². The van der Waals surface area contributed by atoms with Crippen molar-refractivity contribution in [2.75, 3.05) is 7.11 Å². The Morgan fingerprint density at radius 2 is 2.21 bits per heavy atom. The topological polar surface area (TPSA) is 48.1 Å². The third-order valence-corrected chi connectivity index (χ3v) is 1.75. The molecule has 2 N–H and O–H groups in total. The molecule has 0 radical (unpaired) electrons. The Morgan fingerprint density at radius 3 is 2.64 bits per heavy atom. The second kappa shape index (κ2) is 4.28. The summed E-state index contributed by atoms with van der Waals surface area (Å²) in [5, 5.41) is 0. The molecule has 3 nitrogen and oxygen atoms in total. The van der Waals surface area contributed by atoms with E-state index in [2.05, 4.69) is 9.72 Å². The molecule has 14 heavy (non-hydrogen) atoms. The van der Waals surface area contributed by atoms with Crippen molar-refractivity contribution in [3.8, 4) is 5.75 Å². The molecule has 0 aliphatic carbocycles. The molecule has 0 spiro atoms. The summed E-state index contributed by atoms with van der Waals surface area (Å²) in [6, 6.07) is 0. The van der Waals surface area contributed by atoms with Gasteiger partial charge in [0.2, 0.25) is 0 Å². The molecule has 0 aliphatic rings. The third-order valence-electron chi connectivity index (χ3n) is 1.75. The largest absolute Gasteiger partial charge is 0.492 e. The first-order chi connectivity index (χ1) is 6.61. The predicted octanol–water partition coefficient (Wildman–Crippen LogP) is 1.63. The summed E-state index contributed by atoms with van der Waals surface area (Å²) in [5.41, 5.74) is 4.77. The Morgan fingerprint density at radius 1 is 1.57 bits per heavy atom. The van der Waals surface area contributed by atoms with Crippen molar-refractivity contribution < 1.29 is 17.9 Å². The van der Waals surface area contributed by atoms with E-state index in [1.807, 2.05) is 0 Å². The van der Waals surface area contributed by atoms with Crippen LogP contribution in [0.25, 0.3) is 0 Å². The van der Waals surface area contributed by atoms with Crippen molar-refractivity contribution in [1.29, 1.82) is 0 Å². The van der Waals surface area contributed by atoms with Gasteiger partial charge in [-0.25, -0.2) is 13.8 Å². The van der Waals surface area contributed by atoms with Crippen LogP contribution in [-0.2, 0) is 6.54 Å². The van der Waals surface area contributed by atoms with Crippen LogP contribution in [0.15, 0.2) is 6.20 Å². The van der Waals surface area contributed by atoms with Crippen LogP contribution in [0, 0.1) is 5.95 Å². The van der Waals surface area contributed by atoms with Gasteiger partial charge in [-0.3, -0.25) is 0 Å². The van der Waals surface area contributed by atoms with E-state index >= 15 is 0 Å². The van der Waals surface area contributed by atoms with Crippen molar-refractivity contribution in [3.05, 3.63) is 23.3 Å². The van der Waals surface area contributed by atoms with Crippen LogP contribution >= 0.6 is 0 Å². The maximum absolute atomic E-state index is 12.9. The van der Waals surface area contributed by atoms with Crippen LogP contribution in [0.5, 0.6) is 5.75 Å². The van der Waals surface area contributed by atoms with Crippen LogP contribution < -0.4 is 10.5 Å². The smallest absolute Gasteiger partial charge is 0.267 e. The van der Waals surface area contributed by atoms with Gasteiger partial charge in [0.25, 0.3) is 12.4 Å². The molecule has 0 unspecified atom stereocenters. The molecule has 1 rings (SSSR count). The van der Waals surface area contributed by atoms with Crippen molar-refractivity contribution in [2.45, 2.75) is 13.0 Å². The highest BCUT2D eigenvalue weighted by atomic mass is 19.3. The van der Waals surface area contributed by atoms with Gasteiger partial charge in [-0.2, -0.15) is 4.39 Å². The van der Waals surface area contributed by atoms with Gasteiger partial charge in [0.15, 0.2) is 5.75 Å². The van der Waals surface area contributed by atoms with E-state index in [4.69, 9.17) is 5.73 Å². The molecule has 0 aliphatic heterocycles. The maximum Gasteiger partial charge on any atom is 0.267 e. The van der Waals surface area contributed by atoms with Gasteiger partial charge in [0.05, 0.1) is 12.7 Å². The van der Waals surface area contributed by atoms with Crippen LogP contribution in [-0.4, -0.2) is 12.1 Å². The standard InChI is InChI=1S/C8H9F3N2O/c1-14-6-5(7(9)10)4(2-12)3-13-8(6)11/h3,7H,2,12H2,1H3. The molecule has 0 fully saturated rings. The Labute approximate surface area is 78.7 Å². The Kier molecular flexibility index (Phi) is 3.29. The van der Waals surface area contributed by atoms with Crippen molar-refractivity contribution >= 4 is 0 Å². The fraction of sp³-hybridized carbons (Fsp3) is 0.375. The molecular weight excluding hydrogens is 197 g/mol. The normalized spacial score (nSPS) is 10.7. The quantitative estimate of drug-likeness (QED) is 0.764. The van der Waals surface area contributed by atoms with Crippen LogP contribution in [0.2, 0.25) is 0 Å². The number of hydrogen-bond donors (Lipinski definition) is 1. The summed E-state index contributed by atoms with van der Waals surface area (Å²) in [5.74, 6) is -1.59. The lowest BCUT2D eigenvalue weighted by molar-refractivity contribution is 0.144. The highest BCUT2D eigenvalue weighted by molar-refractivity contribution is 5.39. The second-order valence-corrected chi connectivity index (χ2v) is 2.53. The number of alkyl halides is 2. The second-order valence-electron chi connectivity index (χ2n) is 2.53. The zero-order valence-corrected chi connectivity index (χ0v) is 7.43. The molecule has 78 valence electrons. The van der Waals surface area contributed by atoms with Crippen LogP contribution in [0.1, 0.15) is 17.6 Å². The molecule has 6 heteroatoms. The van der Waals surface area contributed by atoms with E-state index in [0.717, 1.165) is 13.3 Å². The summed E-state index contributed by atoms with van der Waals surface area (Å²) in [7, 11) is 1.10. The lowest BCUT2D eigenvalue weighted by Gasteiger charge is -2.11. The molecule has 0 bridgehead atoms. The average Bonchev–Trinajstić information content (AvgIpc) is 2.17. The van der Waals surface area contributed by atoms with Gasteiger partial charge in [-0.15, -0.1) is 0 Å². The lowest BCUT2D eigenvalue weighted by atomic mass is 10.1. The fourth-order valence-corrected chi connectivity index (χ4v) is 1.12. The minimum atomic E-state index is -2.83. The highest BCUT2D eigenvalue weighted by Gasteiger charge is 2.22. The van der Waals surface area contributed by atoms with Crippen LogP contribution in [0.4, 0.5) is 13.2 Å². The molecule has 0 saturated carbocycles. The molecule has 0 amide bonds. The number of rotatable bonds is 3. The fourth-order valence-electron chi connectivity index (χ4n) is 1.12. The molecule has 0 aromatic carbocycles. The van der Waals surface area contributed by atoms with Gasteiger partial charge < -0.3 is 10.5 Å². The molecule has 1 aromatic rings. The van der Waals surface area contributed by atoms with Crippen molar-refractivity contribution in [3.63, 3.8) is 0 Å². The van der Waals surface area contributed by atoms with E-state index in [9.17, 15) is 13.2 Å². The number of aromatic nitrogens is 1. The summed E-state index contributed by atoms with van der Waals surface area (Å²) in [6.07, 6.45) is -1.85. The number of nitrogens with zero attached hydrogens (tertiary/aromatic N) is 1. The number of pyridine rings is 1.